The van der Waals surface area contributed by atoms with Gasteiger partial charge in [-0.25, -0.2) is 0 Å². The maximum absolute atomic E-state index is 11.6. The lowest BCUT2D eigenvalue weighted by atomic mass is 10.3. The molecule has 0 aliphatic carbocycles. The number of carbonyl (C=O) groups excluding carboxylic acids is 1. The van der Waals surface area contributed by atoms with Gasteiger partial charge in [-0.05, 0) is 13.0 Å². The van der Waals surface area contributed by atoms with Crippen molar-refractivity contribution in [2.45, 2.75) is 13.0 Å². The number of aryl methyl sites for hydroxylation is 1. The lowest BCUT2D eigenvalue weighted by molar-refractivity contribution is 0.0933. The molecule has 1 amide bonds. The summed E-state index contributed by atoms with van der Waals surface area (Å²) in [6, 6.07) is 1.59. The van der Waals surface area contributed by atoms with E-state index >= 15 is 0 Å². The lowest BCUT2D eigenvalue weighted by Crippen LogP contribution is -2.38. The maximum Gasteiger partial charge on any atom is 0.268 e. The van der Waals surface area contributed by atoms with Gasteiger partial charge in [0.2, 0.25) is 0 Å². The first-order chi connectivity index (χ1) is 6.54. The lowest BCUT2D eigenvalue weighted by Gasteiger charge is -2.11. The molecule has 4 nitrogen and oxygen atoms in total. The van der Waals surface area contributed by atoms with Gasteiger partial charge in [0, 0.05) is 25.8 Å². The summed E-state index contributed by atoms with van der Waals surface area (Å²) in [4.78, 5) is 11.6. The molecule has 3 N–H and O–H groups in total. The van der Waals surface area contributed by atoms with Crippen LogP contribution in [0.2, 0.25) is 5.02 Å². The summed E-state index contributed by atoms with van der Waals surface area (Å²) in [5.74, 6) is -0.155. The molecule has 5 heteroatoms. The van der Waals surface area contributed by atoms with Gasteiger partial charge in [0.1, 0.15) is 5.69 Å². The zero-order valence-electron chi connectivity index (χ0n) is 8.25. The largest absolute Gasteiger partial charge is 0.347 e. The van der Waals surface area contributed by atoms with Crippen LogP contribution in [0.25, 0.3) is 0 Å². The Morgan fingerprint density at radius 2 is 2.43 bits per heavy atom. The van der Waals surface area contributed by atoms with Gasteiger partial charge >= 0.3 is 0 Å². The van der Waals surface area contributed by atoms with Crippen molar-refractivity contribution >= 4 is 17.5 Å². The van der Waals surface area contributed by atoms with E-state index in [1.807, 2.05) is 6.92 Å². The molecule has 0 aromatic carbocycles. The molecule has 1 rings (SSSR count). The summed E-state index contributed by atoms with van der Waals surface area (Å²) < 4.78 is 1.68. The molecule has 1 aromatic heterocycles. The predicted octanol–water partition coefficient (Wildman–Crippen LogP) is 0.755. The molecule has 0 bridgehead atoms. The number of nitrogens with two attached hydrogens (primary N) is 1. The van der Waals surface area contributed by atoms with Gasteiger partial charge in [-0.2, -0.15) is 0 Å². The first-order valence-corrected chi connectivity index (χ1v) is 4.75. The molecule has 0 fully saturated rings. The van der Waals surface area contributed by atoms with Crippen molar-refractivity contribution in [1.29, 1.82) is 0 Å². The van der Waals surface area contributed by atoms with Crippen LogP contribution in [0.3, 0.4) is 0 Å². The Morgan fingerprint density at radius 3 is 2.86 bits per heavy atom. The molecule has 78 valence electrons. The van der Waals surface area contributed by atoms with Crippen LogP contribution in [0.1, 0.15) is 17.4 Å². The molecule has 0 spiro atoms. The molecule has 0 radical (unpaired) electrons. The second-order valence-electron chi connectivity index (χ2n) is 3.26. The highest BCUT2D eigenvalue weighted by atomic mass is 35.5. The average Bonchev–Trinajstić information content (AvgIpc) is 2.45. The molecular formula is C9H14ClN3O. The van der Waals surface area contributed by atoms with Gasteiger partial charge in [0.15, 0.2) is 0 Å². The monoisotopic (exact) mass is 215 g/mol. The van der Waals surface area contributed by atoms with Crippen molar-refractivity contribution in [2.24, 2.45) is 12.8 Å². The summed E-state index contributed by atoms with van der Waals surface area (Å²) in [7, 11) is 1.77. The number of hydrogen-bond donors (Lipinski definition) is 2. The average molecular weight is 216 g/mol. The van der Waals surface area contributed by atoms with E-state index in [9.17, 15) is 4.79 Å². The van der Waals surface area contributed by atoms with E-state index < -0.39 is 0 Å². The zero-order chi connectivity index (χ0) is 10.7. The standard InChI is InChI=1S/C9H14ClN3O/c1-6(4-11)12-9(14)8-3-7(10)5-13(8)2/h3,5-6H,4,11H2,1-2H3,(H,12,14)/t6-/m0/s1. The molecule has 1 atom stereocenters. The van der Waals surface area contributed by atoms with Crippen LogP contribution in [0, 0.1) is 0 Å². The van der Waals surface area contributed by atoms with E-state index in [2.05, 4.69) is 5.32 Å². The normalized spacial score (nSPS) is 12.6. The molecule has 14 heavy (non-hydrogen) atoms. The highest BCUT2D eigenvalue weighted by Crippen LogP contribution is 2.12. The van der Waals surface area contributed by atoms with Crippen molar-refractivity contribution < 1.29 is 4.79 Å². The number of nitrogens with zero attached hydrogens (tertiary/aromatic N) is 1. The Balaban J connectivity index is 2.74. The fraction of sp³-hybridized carbons (Fsp3) is 0.444. The molecule has 0 saturated heterocycles. The van der Waals surface area contributed by atoms with Crippen molar-refractivity contribution in [2.75, 3.05) is 6.54 Å². The fourth-order valence-electron chi connectivity index (χ4n) is 1.11. The molecule has 0 unspecified atom stereocenters. The summed E-state index contributed by atoms with van der Waals surface area (Å²) in [5, 5.41) is 3.31. The van der Waals surface area contributed by atoms with Gasteiger partial charge in [-0.1, -0.05) is 11.6 Å². The molecule has 0 aliphatic rings. The Hall–Kier alpha value is -1.00. The smallest absolute Gasteiger partial charge is 0.268 e. The maximum atomic E-state index is 11.6. The third kappa shape index (κ3) is 2.49. The Kier molecular flexibility index (Phi) is 3.55. The van der Waals surface area contributed by atoms with Crippen LogP contribution < -0.4 is 11.1 Å². The van der Waals surface area contributed by atoms with Gasteiger partial charge in [-0.15, -0.1) is 0 Å². The molecule has 0 aliphatic heterocycles. The summed E-state index contributed by atoms with van der Waals surface area (Å²) >= 11 is 5.75. The zero-order valence-corrected chi connectivity index (χ0v) is 9.01. The minimum atomic E-state index is -0.155. The number of amides is 1. The van der Waals surface area contributed by atoms with Crippen LogP contribution in [-0.4, -0.2) is 23.1 Å². The van der Waals surface area contributed by atoms with Gasteiger partial charge in [0.05, 0.1) is 5.02 Å². The highest BCUT2D eigenvalue weighted by molar-refractivity contribution is 6.31. The third-order valence-electron chi connectivity index (χ3n) is 1.94. The number of halogens is 1. The number of rotatable bonds is 3. The van der Waals surface area contributed by atoms with Crippen molar-refractivity contribution in [3.8, 4) is 0 Å². The van der Waals surface area contributed by atoms with E-state index in [1.165, 1.54) is 0 Å². The van der Waals surface area contributed by atoms with Crippen LogP contribution >= 0.6 is 11.6 Å². The minimum Gasteiger partial charge on any atom is -0.347 e. The molecular weight excluding hydrogens is 202 g/mol. The third-order valence-corrected chi connectivity index (χ3v) is 2.14. The Labute approximate surface area is 88.0 Å². The van der Waals surface area contributed by atoms with E-state index in [4.69, 9.17) is 17.3 Å². The summed E-state index contributed by atoms with van der Waals surface area (Å²) in [6.45, 7) is 2.27. The van der Waals surface area contributed by atoms with Gasteiger partial charge in [0.25, 0.3) is 5.91 Å². The van der Waals surface area contributed by atoms with E-state index in [0.29, 0.717) is 17.3 Å². The van der Waals surface area contributed by atoms with E-state index in [1.54, 1.807) is 23.9 Å². The fourth-order valence-corrected chi connectivity index (χ4v) is 1.36. The van der Waals surface area contributed by atoms with Crippen molar-refractivity contribution in [3.05, 3.63) is 23.0 Å². The number of carbonyl (C=O) groups is 1. The quantitative estimate of drug-likeness (QED) is 0.782. The topological polar surface area (TPSA) is 60.0 Å². The second kappa shape index (κ2) is 4.48. The van der Waals surface area contributed by atoms with E-state index in [0.717, 1.165) is 0 Å². The summed E-state index contributed by atoms with van der Waals surface area (Å²) in [5.41, 5.74) is 5.93. The van der Waals surface area contributed by atoms with Gasteiger partial charge in [-0.3, -0.25) is 4.79 Å². The summed E-state index contributed by atoms with van der Waals surface area (Å²) in [6.07, 6.45) is 1.68. The first kappa shape index (κ1) is 11.1. The number of hydrogen-bond acceptors (Lipinski definition) is 2. The molecule has 1 heterocycles. The van der Waals surface area contributed by atoms with Gasteiger partial charge < -0.3 is 15.6 Å². The second-order valence-corrected chi connectivity index (χ2v) is 3.70. The predicted molar refractivity (Wildman–Crippen MR) is 56.4 cm³/mol. The molecule has 1 aromatic rings. The van der Waals surface area contributed by atoms with Crippen molar-refractivity contribution in [3.63, 3.8) is 0 Å². The van der Waals surface area contributed by atoms with Crippen LogP contribution in [-0.2, 0) is 7.05 Å². The minimum absolute atomic E-state index is 0.0313. The van der Waals surface area contributed by atoms with E-state index in [-0.39, 0.29) is 11.9 Å². The number of nitrogens with one attached hydrogen (secondary N) is 1. The van der Waals surface area contributed by atoms with Crippen molar-refractivity contribution in [1.82, 2.24) is 9.88 Å². The Morgan fingerprint density at radius 1 is 1.79 bits per heavy atom. The van der Waals surface area contributed by atoms with Crippen LogP contribution in [0.4, 0.5) is 0 Å². The van der Waals surface area contributed by atoms with Crippen LogP contribution in [0.5, 0.6) is 0 Å². The van der Waals surface area contributed by atoms with Crippen LogP contribution in [0.15, 0.2) is 12.3 Å². The number of aromatic nitrogens is 1. The Bertz CT molecular complexity index is 335. The SMILES string of the molecule is C[C@@H](CN)NC(=O)c1cc(Cl)cn1C. The first-order valence-electron chi connectivity index (χ1n) is 4.37. The molecule has 0 saturated carbocycles. The highest BCUT2D eigenvalue weighted by Gasteiger charge is 2.12.